The summed E-state index contributed by atoms with van der Waals surface area (Å²) in [7, 11) is 0. The molecule has 168 valence electrons. The number of anilines is 1. The largest absolute Gasteiger partial charge is 0.492 e. The molecule has 0 unspecified atom stereocenters. The van der Waals surface area contributed by atoms with E-state index in [1.54, 1.807) is 0 Å². The highest BCUT2D eigenvalue weighted by atomic mass is 32.1. The molecule has 6 nitrogen and oxygen atoms in total. The summed E-state index contributed by atoms with van der Waals surface area (Å²) in [5.74, 6) is -0.205. The molecule has 33 heavy (non-hydrogen) atoms. The van der Waals surface area contributed by atoms with Crippen molar-refractivity contribution in [1.82, 2.24) is 10.3 Å². The Morgan fingerprint density at radius 3 is 2.64 bits per heavy atom. The molecule has 3 N–H and O–H groups in total. The van der Waals surface area contributed by atoms with Crippen molar-refractivity contribution in [2.75, 3.05) is 11.9 Å². The Morgan fingerprint density at radius 2 is 1.88 bits per heavy atom. The third kappa shape index (κ3) is 4.04. The van der Waals surface area contributed by atoms with Gasteiger partial charge in [-0.15, -0.1) is 0 Å². The standard InChI is InChI=1S/C26H26N4O2S/c1-26(2,3)16-10-8-15(9-11-16)14-28-25-30-24(32)22(33-25)18-12-13-27-23(31)21-20(18)17-6-4-5-7-19(17)29-21/h4-11,32H,12-14H2,1-3H3,(H,27,31)(H,28,30). The maximum atomic E-state index is 12.6. The molecule has 3 aromatic rings. The number of nitrogens with zero attached hydrogens (tertiary/aromatic N) is 2. The van der Waals surface area contributed by atoms with Crippen LogP contribution in [-0.2, 0) is 16.8 Å². The molecule has 2 aromatic carbocycles. The molecule has 7 heteroatoms. The first-order valence-corrected chi connectivity index (χ1v) is 11.9. The van der Waals surface area contributed by atoms with Gasteiger partial charge in [0.2, 0.25) is 5.88 Å². The molecule has 1 amide bonds. The van der Waals surface area contributed by atoms with Crippen LogP contribution in [0.1, 0.15) is 48.8 Å². The van der Waals surface area contributed by atoms with Gasteiger partial charge in [-0.3, -0.25) is 4.79 Å². The fourth-order valence-electron chi connectivity index (χ4n) is 4.18. The van der Waals surface area contributed by atoms with Gasteiger partial charge in [0.1, 0.15) is 5.71 Å². The van der Waals surface area contributed by atoms with Crippen LogP contribution in [0.15, 0.2) is 53.5 Å². The van der Waals surface area contributed by atoms with E-state index in [1.165, 1.54) is 16.9 Å². The molecule has 0 radical (unpaired) electrons. The van der Waals surface area contributed by atoms with Gasteiger partial charge in [0.25, 0.3) is 5.91 Å². The summed E-state index contributed by atoms with van der Waals surface area (Å²) in [6.45, 7) is 7.69. The number of aromatic nitrogens is 1. The summed E-state index contributed by atoms with van der Waals surface area (Å²) < 4.78 is 0. The predicted molar refractivity (Wildman–Crippen MR) is 134 cm³/mol. The van der Waals surface area contributed by atoms with Crippen LogP contribution >= 0.6 is 11.3 Å². The van der Waals surface area contributed by atoms with E-state index in [9.17, 15) is 9.90 Å². The van der Waals surface area contributed by atoms with E-state index in [4.69, 9.17) is 0 Å². The number of amides is 1. The summed E-state index contributed by atoms with van der Waals surface area (Å²) >= 11 is 1.40. The summed E-state index contributed by atoms with van der Waals surface area (Å²) in [5.41, 5.74) is 6.35. The molecule has 0 saturated carbocycles. The van der Waals surface area contributed by atoms with Crippen LogP contribution in [0.4, 0.5) is 10.8 Å². The number of benzene rings is 2. The number of carbonyl (C=O) groups excluding carboxylic acids is 1. The van der Waals surface area contributed by atoms with Gasteiger partial charge in [0, 0.05) is 24.2 Å². The predicted octanol–water partition coefficient (Wildman–Crippen LogP) is 5.28. The lowest BCUT2D eigenvalue weighted by Crippen LogP contribution is -2.29. The fourth-order valence-corrected chi connectivity index (χ4v) is 5.11. The molecule has 3 heterocycles. The Bertz CT molecular complexity index is 1300. The summed E-state index contributed by atoms with van der Waals surface area (Å²) in [6.07, 6.45) is 0.595. The van der Waals surface area contributed by atoms with Crippen LogP contribution in [0.2, 0.25) is 0 Å². The number of thiazole rings is 1. The smallest absolute Gasteiger partial charge is 0.270 e. The number of hydrogen-bond donors (Lipinski definition) is 3. The van der Waals surface area contributed by atoms with Crippen LogP contribution in [0.5, 0.6) is 5.88 Å². The zero-order valence-electron chi connectivity index (χ0n) is 18.9. The Hall–Kier alpha value is -3.45. The van der Waals surface area contributed by atoms with Crippen LogP contribution < -0.4 is 10.6 Å². The lowest BCUT2D eigenvalue weighted by Gasteiger charge is -2.19. The first-order valence-electron chi connectivity index (χ1n) is 11.0. The maximum absolute atomic E-state index is 12.6. The average molecular weight is 459 g/mol. The van der Waals surface area contributed by atoms with Crippen molar-refractivity contribution in [2.24, 2.45) is 4.99 Å². The summed E-state index contributed by atoms with van der Waals surface area (Å²) in [6, 6.07) is 16.3. The third-order valence-electron chi connectivity index (χ3n) is 5.97. The van der Waals surface area contributed by atoms with Crippen LogP contribution in [0, 0.1) is 0 Å². The minimum Gasteiger partial charge on any atom is -0.492 e. The lowest BCUT2D eigenvalue weighted by atomic mass is 9.87. The minimum absolute atomic E-state index is 0.0221. The van der Waals surface area contributed by atoms with E-state index < -0.39 is 0 Å². The third-order valence-corrected chi connectivity index (χ3v) is 7.03. The molecule has 0 spiro atoms. The maximum Gasteiger partial charge on any atom is 0.270 e. The Kier molecular flexibility index (Phi) is 5.29. The first kappa shape index (κ1) is 21.4. The first-order chi connectivity index (χ1) is 15.8. The lowest BCUT2D eigenvalue weighted by molar-refractivity contribution is -0.114. The highest BCUT2D eigenvalue weighted by molar-refractivity contribution is 7.17. The van der Waals surface area contributed by atoms with E-state index in [0.29, 0.717) is 35.2 Å². The quantitative estimate of drug-likeness (QED) is 0.497. The van der Waals surface area contributed by atoms with Crippen LogP contribution in [-0.4, -0.2) is 28.3 Å². The zero-order chi connectivity index (χ0) is 23.2. The van der Waals surface area contributed by atoms with Crippen molar-refractivity contribution in [2.45, 2.75) is 39.2 Å². The molecule has 1 aromatic heterocycles. The van der Waals surface area contributed by atoms with Gasteiger partial charge in [-0.1, -0.05) is 74.6 Å². The van der Waals surface area contributed by atoms with Crippen molar-refractivity contribution < 1.29 is 9.90 Å². The molecular weight excluding hydrogens is 432 g/mol. The second kappa shape index (κ2) is 8.15. The van der Waals surface area contributed by atoms with Gasteiger partial charge in [-0.05, 0) is 34.6 Å². The molecule has 2 aliphatic rings. The Labute approximate surface area is 197 Å². The zero-order valence-corrected chi connectivity index (χ0v) is 19.7. The SMILES string of the molecule is CC(C)(C)c1ccc(CNc2nc(O)c(C3=C4C(=Nc5ccccc54)C(=O)NCC3)s2)cc1. The van der Waals surface area contributed by atoms with E-state index >= 15 is 0 Å². The second-order valence-electron chi connectivity index (χ2n) is 9.31. The number of carbonyl (C=O) groups is 1. The molecule has 0 saturated heterocycles. The molecule has 2 aliphatic heterocycles. The van der Waals surface area contributed by atoms with Gasteiger partial charge < -0.3 is 15.7 Å². The molecular formula is C26H26N4O2S. The highest BCUT2D eigenvalue weighted by Gasteiger charge is 2.33. The molecule has 5 rings (SSSR count). The molecule has 0 aliphatic carbocycles. The second-order valence-corrected chi connectivity index (χ2v) is 10.3. The normalized spacial score (nSPS) is 15.5. The van der Waals surface area contributed by atoms with E-state index in [0.717, 1.165) is 28.0 Å². The van der Waals surface area contributed by atoms with Crippen molar-refractivity contribution in [3.63, 3.8) is 0 Å². The summed E-state index contributed by atoms with van der Waals surface area (Å²) in [4.78, 5) is 22.2. The number of aromatic hydroxyl groups is 1. The van der Waals surface area contributed by atoms with Gasteiger partial charge in [-0.25, -0.2) is 4.99 Å². The van der Waals surface area contributed by atoms with E-state index in [-0.39, 0.29) is 17.2 Å². The monoisotopic (exact) mass is 458 g/mol. The van der Waals surface area contributed by atoms with Gasteiger partial charge in [0.05, 0.1) is 10.6 Å². The molecule has 0 bridgehead atoms. The van der Waals surface area contributed by atoms with Crippen molar-refractivity contribution >= 4 is 44.9 Å². The Balaban J connectivity index is 1.44. The average Bonchev–Trinajstić information content (AvgIpc) is 3.31. The van der Waals surface area contributed by atoms with Gasteiger partial charge in [-0.2, -0.15) is 4.98 Å². The molecule has 0 fully saturated rings. The number of para-hydroxylation sites is 1. The molecule has 0 atom stereocenters. The highest BCUT2D eigenvalue weighted by Crippen LogP contribution is 2.45. The fraction of sp³-hybridized carbons (Fsp3) is 0.269. The number of nitrogens with one attached hydrogen (secondary N) is 2. The van der Waals surface area contributed by atoms with Gasteiger partial charge in [0.15, 0.2) is 5.13 Å². The van der Waals surface area contributed by atoms with Crippen molar-refractivity contribution in [1.29, 1.82) is 0 Å². The number of aliphatic imine (C=N–C) groups is 1. The number of rotatable bonds is 4. The minimum atomic E-state index is -0.183. The van der Waals surface area contributed by atoms with Crippen molar-refractivity contribution in [3.8, 4) is 5.88 Å². The Morgan fingerprint density at radius 1 is 1.12 bits per heavy atom. The van der Waals surface area contributed by atoms with Gasteiger partial charge >= 0.3 is 0 Å². The summed E-state index contributed by atoms with van der Waals surface area (Å²) in [5, 5.41) is 17.6. The van der Waals surface area contributed by atoms with Crippen LogP contribution in [0.25, 0.3) is 11.1 Å². The van der Waals surface area contributed by atoms with Crippen LogP contribution in [0.3, 0.4) is 0 Å². The van der Waals surface area contributed by atoms with E-state index in [2.05, 4.69) is 65.6 Å². The number of hydrogen-bond acceptors (Lipinski definition) is 6. The topological polar surface area (TPSA) is 86.6 Å². The van der Waals surface area contributed by atoms with E-state index in [1.807, 2.05) is 24.3 Å². The number of fused-ring (bicyclic) bond motifs is 3. The van der Waals surface area contributed by atoms with Crippen molar-refractivity contribution in [3.05, 3.63) is 70.1 Å².